The number of hydrogen-bond donors (Lipinski definition) is 2. The van der Waals surface area contributed by atoms with E-state index in [4.69, 9.17) is 23.2 Å². The Morgan fingerprint density at radius 1 is 0.500 bits per heavy atom. The Balaban J connectivity index is 0.000000146. The molecular formula is C46H48Cl2F2N4O2. The van der Waals surface area contributed by atoms with Crippen LogP contribution in [0, 0.1) is 23.5 Å². The van der Waals surface area contributed by atoms with E-state index in [1.54, 1.807) is 12.1 Å². The molecular weight excluding hydrogens is 749 g/mol. The number of imidazole rings is 2. The number of hydrogen-bond acceptors (Lipinski definition) is 4. The fourth-order valence-corrected chi connectivity index (χ4v) is 10.1. The van der Waals surface area contributed by atoms with Crippen LogP contribution in [0.4, 0.5) is 8.78 Å². The first-order valence-corrected chi connectivity index (χ1v) is 21.1. The highest BCUT2D eigenvalue weighted by Gasteiger charge is 2.36. The number of fused-ring (bicyclic) bond motifs is 2. The SMILES string of the molecule is O[C@@H](c1c(C2CC2)ccc2cncn12)C1CCC(c2ccc(Cl)cc2F)CC1.O[C@H](c1c(C2CC2)ccc2cncn12)C1CCC(c2ccc(Cl)cc2F)CC1. The summed E-state index contributed by atoms with van der Waals surface area (Å²) in [6.45, 7) is 0. The van der Waals surface area contributed by atoms with E-state index in [2.05, 4.69) is 43.0 Å². The first-order valence-electron chi connectivity index (χ1n) is 20.4. The third kappa shape index (κ3) is 7.62. The van der Waals surface area contributed by atoms with Crippen molar-refractivity contribution in [2.45, 2.75) is 113 Å². The van der Waals surface area contributed by atoms with Crippen LogP contribution in [0.5, 0.6) is 0 Å². The van der Waals surface area contributed by atoms with Crippen molar-refractivity contribution in [3.05, 3.63) is 141 Å². The minimum atomic E-state index is -0.510. The van der Waals surface area contributed by atoms with Gasteiger partial charge in [-0.2, -0.15) is 0 Å². The Hall–Kier alpha value is -3.82. The monoisotopic (exact) mass is 796 g/mol. The van der Waals surface area contributed by atoms with Crippen LogP contribution in [-0.2, 0) is 0 Å². The Kier molecular flexibility index (Phi) is 10.7. The van der Waals surface area contributed by atoms with Crippen molar-refractivity contribution in [3.8, 4) is 0 Å². The first-order chi connectivity index (χ1) is 27.2. The maximum absolute atomic E-state index is 14.3. The third-order valence-electron chi connectivity index (χ3n) is 13.1. The summed E-state index contributed by atoms with van der Waals surface area (Å²) in [6.07, 6.45) is 18.2. The maximum Gasteiger partial charge on any atom is 0.128 e. The number of benzene rings is 2. The van der Waals surface area contributed by atoms with Gasteiger partial charge in [0.15, 0.2) is 0 Å². The highest BCUT2D eigenvalue weighted by Crippen LogP contribution is 2.49. The molecule has 4 fully saturated rings. The second kappa shape index (κ2) is 15.8. The highest BCUT2D eigenvalue weighted by atomic mass is 35.5. The van der Waals surface area contributed by atoms with Crippen molar-refractivity contribution in [1.82, 2.24) is 18.8 Å². The van der Waals surface area contributed by atoms with Crippen LogP contribution >= 0.6 is 23.2 Å². The Labute approximate surface area is 336 Å². The van der Waals surface area contributed by atoms with Gasteiger partial charge in [0.2, 0.25) is 0 Å². The molecule has 6 aromatic rings. The summed E-state index contributed by atoms with van der Waals surface area (Å²) in [6, 6.07) is 18.5. The maximum atomic E-state index is 14.3. The zero-order valence-corrected chi connectivity index (χ0v) is 32.9. The summed E-state index contributed by atoms with van der Waals surface area (Å²) in [5.41, 5.74) is 8.12. The van der Waals surface area contributed by atoms with Gasteiger partial charge in [-0.3, -0.25) is 0 Å². The number of aliphatic hydroxyl groups excluding tert-OH is 2. The summed E-state index contributed by atoms with van der Waals surface area (Å²) < 4.78 is 32.7. The van der Waals surface area contributed by atoms with Crippen LogP contribution in [0.1, 0.15) is 147 Å². The van der Waals surface area contributed by atoms with Gasteiger partial charge in [0.05, 0.1) is 59.7 Å². The lowest BCUT2D eigenvalue weighted by atomic mass is 9.75. The van der Waals surface area contributed by atoms with E-state index in [-0.39, 0.29) is 35.3 Å². The molecule has 0 amide bonds. The quantitative estimate of drug-likeness (QED) is 0.161. The van der Waals surface area contributed by atoms with E-state index in [9.17, 15) is 19.0 Å². The van der Waals surface area contributed by atoms with Crippen LogP contribution in [0.15, 0.2) is 85.7 Å². The van der Waals surface area contributed by atoms with Gasteiger partial charge in [-0.05, 0) is 171 Å². The molecule has 4 saturated carbocycles. The largest absolute Gasteiger partial charge is 0.387 e. The second-order valence-corrected chi connectivity index (χ2v) is 17.6. The van der Waals surface area contributed by atoms with Crippen LogP contribution in [-0.4, -0.2) is 29.0 Å². The number of pyridine rings is 2. The third-order valence-corrected chi connectivity index (χ3v) is 13.6. The van der Waals surface area contributed by atoms with E-state index in [0.29, 0.717) is 21.9 Å². The molecule has 0 spiro atoms. The molecule has 0 bridgehead atoms. The van der Waals surface area contributed by atoms with Gasteiger partial charge in [-0.25, -0.2) is 18.7 Å². The van der Waals surface area contributed by atoms with E-state index in [0.717, 1.165) is 84.9 Å². The summed E-state index contributed by atoms with van der Waals surface area (Å²) in [4.78, 5) is 8.56. The van der Waals surface area contributed by atoms with Crippen LogP contribution in [0.2, 0.25) is 10.0 Å². The lowest BCUT2D eigenvalue weighted by Crippen LogP contribution is -2.22. The highest BCUT2D eigenvalue weighted by molar-refractivity contribution is 6.30. The fourth-order valence-electron chi connectivity index (χ4n) is 9.77. The Morgan fingerprint density at radius 3 is 1.20 bits per heavy atom. The Bertz CT molecular complexity index is 2170. The molecule has 4 aromatic heterocycles. The van der Waals surface area contributed by atoms with Crippen molar-refractivity contribution < 1.29 is 19.0 Å². The summed E-state index contributed by atoms with van der Waals surface area (Å²) >= 11 is 11.8. The lowest BCUT2D eigenvalue weighted by molar-refractivity contribution is 0.0750. The molecule has 2 atom stereocenters. The molecule has 4 heterocycles. The summed E-state index contributed by atoms with van der Waals surface area (Å²) in [5.74, 6) is 1.49. The smallest absolute Gasteiger partial charge is 0.128 e. The molecule has 0 aliphatic heterocycles. The van der Waals surface area contributed by atoms with Gasteiger partial charge in [0, 0.05) is 10.0 Å². The average molecular weight is 798 g/mol. The second-order valence-electron chi connectivity index (χ2n) is 16.7. The molecule has 56 heavy (non-hydrogen) atoms. The van der Waals surface area contributed by atoms with Crippen molar-refractivity contribution in [2.75, 3.05) is 0 Å². The molecule has 6 nitrogen and oxygen atoms in total. The van der Waals surface area contributed by atoms with Crippen molar-refractivity contribution in [1.29, 1.82) is 0 Å². The van der Waals surface area contributed by atoms with Gasteiger partial charge in [-0.15, -0.1) is 0 Å². The molecule has 2 N–H and O–H groups in total. The number of nitrogens with zero attached hydrogens (tertiary/aromatic N) is 4. The molecule has 0 saturated heterocycles. The first kappa shape index (κ1) is 37.7. The molecule has 10 heteroatoms. The zero-order valence-electron chi connectivity index (χ0n) is 31.4. The minimum Gasteiger partial charge on any atom is -0.387 e. The molecule has 0 radical (unpaired) electrons. The van der Waals surface area contributed by atoms with Crippen molar-refractivity contribution >= 4 is 34.2 Å². The molecule has 4 aliphatic rings. The van der Waals surface area contributed by atoms with Crippen molar-refractivity contribution in [2.24, 2.45) is 11.8 Å². The van der Waals surface area contributed by atoms with Crippen LogP contribution in [0.3, 0.4) is 0 Å². The van der Waals surface area contributed by atoms with E-state index in [1.165, 1.54) is 48.9 Å². The van der Waals surface area contributed by atoms with Gasteiger partial charge in [0.25, 0.3) is 0 Å². The van der Waals surface area contributed by atoms with Crippen LogP contribution in [0.25, 0.3) is 11.0 Å². The molecule has 2 aromatic carbocycles. The van der Waals surface area contributed by atoms with Gasteiger partial charge in [-0.1, -0.05) is 47.5 Å². The summed E-state index contributed by atoms with van der Waals surface area (Å²) in [7, 11) is 0. The molecule has 0 unspecified atom stereocenters. The van der Waals surface area contributed by atoms with E-state index >= 15 is 0 Å². The van der Waals surface area contributed by atoms with E-state index in [1.807, 2.05) is 37.2 Å². The number of aromatic nitrogens is 4. The van der Waals surface area contributed by atoms with Gasteiger partial charge < -0.3 is 19.0 Å². The predicted octanol–water partition coefficient (Wildman–Crippen LogP) is 12.0. The number of halogens is 4. The lowest BCUT2D eigenvalue weighted by Gasteiger charge is -2.33. The molecule has 4 aliphatic carbocycles. The molecule has 10 rings (SSSR count). The summed E-state index contributed by atoms with van der Waals surface area (Å²) in [5, 5.41) is 23.5. The van der Waals surface area contributed by atoms with Gasteiger partial charge >= 0.3 is 0 Å². The minimum absolute atomic E-state index is 0.192. The zero-order chi connectivity index (χ0) is 38.5. The van der Waals surface area contributed by atoms with Crippen molar-refractivity contribution in [3.63, 3.8) is 0 Å². The Morgan fingerprint density at radius 2 is 0.839 bits per heavy atom. The van der Waals surface area contributed by atoms with Crippen LogP contribution < -0.4 is 0 Å². The predicted molar refractivity (Wildman–Crippen MR) is 216 cm³/mol. The topological polar surface area (TPSA) is 75.1 Å². The standard InChI is InChI=1S/2C23H24ClFN2O/c2*24-17-7-9-19(21(25)11-17)14-3-5-16(6-4-14)23(28)22-20(15-1-2-15)10-8-18-12-26-13-27(18)22/h2*7-16,23,28H,1-6H2/t2*14?,16?,23-/m10/s1. The number of rotatable bonds is 8. The van der Waals surface area contributed by atoms with Gasteiger partial charge in [0.1, 0.15) is 11.6 Å². The normalized spacial score (nSPS) is 23.8. The molecule has 292 valence electrons. The van der Waals surface area contributed by atoms with E-state index < -0.39 is 12.2 Å². The fraction of sp³-hybridized carbons (Fsp3) is 0.435. The number of aliphatic hydroxyl groups is 2. The average Bonchev–Trinajstić information content (AvgIpc) is 4.14.